The summed E-state index contributed by atoms with van der Waals surface area (Å²) in [5, 5.41) is 9.00. The second-order valence-corrected chi connectivity index (χ2v) is 3.42. The smallest absolute Gasteiger partial charge is 0.284 e. The Morgan fingerprint density at radius 2 is 2.12 bits per heavy atom. The molecule has 0 aliphatic rings. The van der Waals surface area contributed by atoms with E-state index in [4.69, 9.17) is 15.3 Å². The number of benzene rings is 1. The maximum Gasteiger partial charge on any atom is 0.284 e. The molecule has 0 saturated carbocycles. The minimum atomic E-state index is -0.593. The molecule has 0 bridgehead atoms. The van der Waals surface area contributed by atoms with Gasteiger partial charge in [0.05, 0.1) is 12.9 Å². The molecule has 16 heavy (non-hydrogen) atoms. The van der Waals surface area contributed by atoms with Gasteiger partial charge in [-0.15, -0.1) is 0 Å². The van der Waals surface area contributed by atoms with Crippen molar-refractivity contribution in [3.8, 4) is 11.1 Å². The molecule has 0 aliphatic heterocycles. The van der Waals surface area contributed by atoms with Gasteiger partial charge in [0.15, 0.2) is 5.76 Å². The molecule has 4 heteroatoms. The summed E-state index contributed by atoms with van der Waals surface area (Å²) in [7, 11) is 0. The maximum absolute atomic E-state index is 10.9. The molecule has 1 aromatic carbocycles. The molecule has 3 N–H and O–H groups in total. The number of carbonyl (C=O) groups is 1. The SMILES string of the molecule is NC(=O)c1cc(-c2cccc(CO)c2)co1. The average molecular weight is 217 g/mol. The zero-order valence-corrected chi connectivity index (χ0v) is 8.51. The Hall–Kier alpha value is -2.07. The zero-order valence-electron chi connectivity index (χ0n) is 8.51. The molecule has 82 valence electrons. The molecule has 2 aromatic rings. The van der Waals surface area contributed by atoms with E-state index in [1.54, 1.807) is 6.07 Å². The van der Waals surface area contributed by atoms with Gasteiger partial charge in [-0.05, 0) is 23.3 Å². The molecule has 1 aromatic heterocycles. The van der Waals surface area contributed by atoms with Crippen LogP contribution in [-0.4, -0.2) is 11.0 Å². The minimum Gasteiger partial charge on any atom is -0.459 e. The highest BCUT2D eigenvalue weighted by Gasteiger charge is 2.08. The van der Waals surface area contributed by atoms with Gasteiger partial charge in [-0.3, -0.25) is 4.79 Å². The fourth-order valence-corrected chi connectivity index (χ4v) is 1.47. The van der Waals surface area contributed by atoms with Crippen molar-refractivity contribution in [3.05, 3.63) is 47.9 Å². The maximum atomic E-state index is 10.9. The number of carbonyl (C=O) groups excluding carboxylic acids is 1. The van der Waals surface area contributed by atoms with Crippen molar-refractivity contribution in [1.82, 2.24) is 0 Å². The monoisotopic (exact) mass is 217 g/mol. The number of aliphatic hydroxyl groups is 1. The lowest BCUT2D eigenvalue weighted by molar-refractivity contribution is 0.0974. The van der Waals surface area contributed by atoms with Crippen molar-refractivity contribution < 1.29 is 14.3 Å². The summed E-state index contributed by atoms with van der Waals surface area (Å²) in [6.07, 6.45) is 1.47. The van der Waals surface area contributed by atoms with Gasteiger partial charge in [0.2, 0.25) is 0 Å². The topological polar surface area (TPSA) is 76.5 Å². The molecule has 1 heterocycles. The van der Waals surface area contributed by atoms with Crippen LogP contribution in [0.25, 0.3) is 11.1 Å². The van der Waals surface area contributed by atoms with E-state index in [9.17, 15) is 4.79 Å². The van der Waals surface area contributed by atoms with Gasteiger partial charge < -0.3 is 15.3 Å². The fourth-order valence-electron chi connectivity index (χ4n) is 1.47. The molecule has 2 rings (SSSR count). The van der Waals surface area contributed by atoms with Gasteiger partial charge >= 0.3 is 0 Å². The minimum absolute atomic E-state index is 0.0195. The van der Waals surface area contributed by atoms with Gasteiger partial charge in [0.1, 0.15) is 0 Å². The van der Waals surface area contributed by atoms with Crippen LogP contribution in [0.15, 0.2) is 41.0 Å². The Morgan fingerprint density at radius 1 is 1.31 bits per heavy atom. The van der Waals surface area contributed by atoms with Crippen LogP contribution in [0, 0.1) is 0 Å². The molecule has 4 nitrogen and oxygen atoms in total. The van der Waals surface area contributed by atoms with E-state index in [0.717, 1.165) is 16.7 Å². The van der Waals surface area contributed by atoms with Crippen LogP contribution in [0.1, 0.15) is 16.1 Å². The number of hydrogen-bond donors (Lipinski definition) is 2. The number of rotatable bonds is 3. The van der Waals surface area contributed by atoms with Crippen LogP contribution in [0.5, 0.6) is 0 Å². The normalized spacial score (nSPS) is 10.3. The molecule has 0 unspecified atom stereocenters. The summed E-state index contributed by atoms with van der Waals surface area (Å²) in [6, 6.07) is 8.93. The molecule has 0 fully saturated rings. The molecule has 0 aliphatic carbocycles. The third kappa shape index (κ3) is 1.97. The number of aliphatic hydroxyl groups excluding tert-OH is 1. The van der Waals surface area contributed by atoms with Crippen molar-refractivity contribution in [2.45, 2.75) is 6.61 Å². The second-order valence-electron chi connectivity index (χ2n) is 3.42. The highest BCUT2D eigenvalue weighted by molar-refractivity contribution is 5.91. The van der Waals surface area contributed by atoms with Crippen LogP contribution in [0.3, 0.4) is 0 Å². The second kappa shape index (κ2) is 4.20. The first-order chi connectivity index (χ1) is 7.70. The van der Waals surface area contributed by atoms with Crippen LogP contribution >= 0.6 is 0 Å². The molecule has 0 spiro atoms. The van der Waals surface area contributed by atoms with E-state index in [2.05, 4.69) is 0 Å². The lowest BCUT2D eigenvalue weighted by atomic mass is 10.1. The molecule has 0 radical (unpaired) electrons. The Labute approximate surface area is 92.3 Å². The predicted molar refractivity (Wildman–Crippen MR) is 58.6 cm³/mol. The van der Waals surface area contributed by atoms with Gasteiger partial charge in [-0.2, -0.15) is 0 Å². The highest BCUT2D eigenvalue weighted by atomic mass is 16.3. The molecule has 0 atom stereocenters. The predicted octanol–water partition coefficient (Wildman–Crippen LogP) is 1.54. The number of amides is 1. The van der Waals surface area contributed by atoms with Crippen LogP contribution in [0.2, 0.25) is 0 Å². The quantitative estimate of drug-likeness (QED) is 0.818. The summed E-state index contributed by atoms with van der Waals surface area (Å²) in [5.74, 6) is -0.464. The lowest BCUT2D eigenvalue weighted by Gasteiger charge is -1.99. The number of nitrogens with two attached hydrogens (primary N) is 1. The van der Waals surface area contributed by atoms with Crippen LogP contribution in [0.4, 0.5) is 0 Å². The molecule has 1 amide bonds. The van der Waals surface area contributed by atoms with Gasteiger partial charge in [0.25, 0.3) is 5.91 Å². The number of primary amides is 1. The first-order valence-corrected chi connectivity index (χ1v) is 4.79. The highest BCUT2D eigenvalue weighted by Crippen LogP contribution is 2.22. The molecular formula is C12H11NO3. The van der Waals surface area contributed by atoms with Gasteiger partial charge in [-0.1, -0.05) is 18.2 Å². The summed E-state index contributed by atoms with van der Waals surface area (Å²) in [5.41, 5.74) is 7.54. The summed E-state index contributed by atoms with van der Waals surface area (Å²) in [4.78, 5) is 10.9. The van der Waals surface area contributed by atoms with Crippen LogP contribution < -0.4 is 5.73 Å². The zero-order chi connectivity index (χ0) is 11.5. The molecule has 0 saturated heterocycles. The third-order valence-corrected chi connectivity index (χ3v) is 2.29. The van der Waals surface area contributed by atoms with Gasteiger partial charge in [0, 0.05) is 5.56 Å². The van der Waals surface area contributed by atoms with Crippen molar-refractivity contribution in [2.75, 3.05) is 0 Å². The van der Waals surface area contributed by atoms with Gasteiger partial charge in [-0.25, -0.2) is 0 Å². The van der Waals surface area contributed by atoms with E-state index in [0.29, 0.717) is 0 Å². The first kappa shape index (κ1) is 10.4. The Bertz CT molecular complexity index is 516. The van der Waals surface area contributed by atoms with Crippen molar-refractivity contribution >= 4 is 5.91 Å². The Kier molecular flexibility index (Phi) is 2.74. The number of hydrogen-bond acceptors (Lipinski definition) is 3. The first-order valence-electron chi connectivity index (χ1n) is 4.79. The average Bonchev–Trinajstić information content (AvgIpc) is 2.78. The Morgan fingerprint density at radius 3 is 2.75 bits per heavy atom. The largest absolute Gasteiger partial charge is 0.459 e. The summed E-state index contributed by atoms with van der Waals surface area (Å²) in [6.45, 7) is -0.0195. The van der Waals surface area contributed by atoms with E-state index in [1.807, 2.05) is 24.3 Å². The van der Waals surface area contributed by atoms with E-state index < -0.39 is 5.91 Å². The van der Waals surface area contributed by atoms with Crippen LogP contribution in [-0.2, 0) is 6.61 Å². The number of furan rings is 1. The standard InChI is InChI=1S/C12H11NO3/c13-12(15)11-5-10(7-16-11)9-3-1-2-8(4-9)6-14/h1-5,7,14H,6H2,(H2,13,15). The summed E-state index contributed by atoms with van der Waals surface area (Å²) >= 11 is 0. The fraction of sp³-hybridized carbons (Fsp3) is 0.0833. The van der Waals surface area contributed by atoms with Crippen molar-refractivity contribution in [3.63, 3.8) is 0 Å². The van der Waals surface area contributed by atoms with E-state index in [1.165, 1.54) is 6.26 Å². The summed E-state index contributed by atoms with van der Waals surface area (Å²) < 4.78 is 5.02. The Balaban J connectivity index is 2.38. The van der Waals surface area contributed by atoms with Crippen molar-refractivity contribution in [2.24, 2.45) is 5.73 Å². The van der Waals surface area contributed by atoms with Crippen molar-refractivity contribution in [1.29, 1.82) is 0 Å². The third-order valence-electron chi connectivity index (χ3n) is 2.29. The van der Waals surface area contributed by atoms with E-state index in [-0.39, 0.29) is 12.4 Å². The van der Waals surface area contributed by atoms with E-state index >= 15 is 0 Å². The molecular weight excluding hydrogens is 206 g/mol. The lowest BCUT2D eigenvalue weighted by Crippen LogP contribution is -2.09.